The highest BCUT2D eigenvalue weighted by atomic mass is 19.4. The summed E-state index contributed by atoms with van der Waals surface area (Å²) in [5.74, 6) is 0. The summed E-state index contributed by atoms with van der Waals surface area (Å²) in [4.78, 5) is 0. The molecule has 0 bridgehead atoms. The highest BCUT2D eigenvalue weighted by Crippen LogP contribution is 2.34. The predicted molar refractivity (Wildman–Crippen MR) is 112 cm³/mol. The maximum atomic E-state index is 13.2. The Morgan fingerprint density at radius 2 is 1.47 bits per heavy atom. The summed E-state index contributed by atoms with van der Waals surface area (Å²) in [7, 11) is 0. The molecule has 0 atom stereocenters. The number of nitrogens with one attached hydrogen (secondary N) is 1. The van der Waals surface area contributed by atoms with E-state index in [1.165, 1.54) is 24.4 Å². The van der Waals surface area contributed by atoms with Crippen LogP contribution in [-0.2, 0) is 6.18 Å². The quantitative estimate of drug-likeness (QED) is 0.326. The van der Waals surface area contributed by atoms with Gasteiger partial charge >= 0.3 is 6.18 Å². The zero-order valence-corrected chi connectivity index (χ0v) is 15.7. The molecular formula is C23H17F3N4. The van der Waals surface area contributed by atoms with E-state index >= 15 is 0 Å². The number of hydrogen-bond donors (Lipinski definition) is 1. The fourth-order valence-corrected chi connectivity index (χ4v) is 3.01. The van der Waals surface area contributed by atoms with Crippen molar-refractivity contribution in [3.8, 4) is 16.9 Å². The van der Waals surface area contributed by atoms with Crippen LogP contribution in [0.15, 0.2) is 96.2 Å². The number of hydrogen-bond acceptors (Lipinski definition) is 3. The lowest BCUT2D eigenvalue weighted by Crippen LogP contribution is -2.08. The predicted octanol–water partition coefficient (Wildman–Crippen LogP) is 6.00. The van der Waals surface area contributed by atoms with Gasteiger partial charge in [-0.15, -0.1) is 0 Å². The lowest BCUT2D eigenvalue weighted by molar-refractivity contribution is -0.136. The number of hydrazone groups is 1. The maximum absolute atomic E-state index is 13.2. The molecule has 0 saturated heterocycles. The molecule has 4 aromatic rings. The lowest BCUT2D eigenvalue weighted by atomic mass is 10.1. The molecule has 0 aliphatic carbocycles. The van der Waals surface area contributed by atoms with Gasteiger partial charge in [-0.3, -0.25) is 5.43 Å². The van der Waals surface area contributed by atoms with Gasteiger partial charge in [-0.25, -0.2) is 4.68 Å². The number of anilines is 1. The monoisotopic (exact) mass is 406 g/mol. The van der Waals surface area contributed by atoms with E-state index in [0.29, 0.717) is 11.3 Å². The summed E-state index contributed by atoms with van der Waals surface area (Å²) in [5, 5.41) is 8.70. The van der Waals surface area contributed by atoms with Crippen LogP contribution in [-0.4, -0.2) is 16.0 Å². The fraction of sp³-hybridized carbons (Fsp3) is 0.0435. The molecule has 30 heavy (non-hydrogen) atoms. The molecule has 0 radical (unpaired) electrons. The molecule has 0 amide bonds. The normalized spacial score (nSPS) is 11.7. The third kappa shape index (κ3) is 4.25. The van der Waals surface area contributed by atoms with E-state index in [0.717, 1.165) is 17.3 Å². The van der Waals surface area contributed by atoms with Gasteiger partial charge in [0.2, 0.25) is 0 Å². The van der Waals surface area contributed by atoms with Crippen molar-refractivity contribution in [3.05, 3.63) is 102 Å². The molecular weight excluding hydrogens is 389 g/mol. The first-order valence-electron chi connectivity index (χ1n) is 9.18. The number of nitrogens with zero attached hydrogens (tertiary/aromatic N) is 3. The summed E-state index contributed by atoms with van der Waals surface area (Å²) in [5.41, 5.74) is 4.71. The number of benzene rings is 3. The maximum Gasteiger partial charge on any atom is 0.418 e. The Kier molecular flexibility index (Phi) is 5.34. The van der Waals surface area contributed by atoms with Crippen molar-refractivity contribution in [3.63, 3.8) is 0 Å². The van der Waals surface area contributed by atoms with Gasteiger partial charge in [0.1, 0.15) is 5.69 Å². The second kappa shape index (κ2) is 8.24. The van der Waals surface area contributed by atoms with E-state index < -0.39 is 11.7 Å². The van der Waals surface area contributed by atoms with E-state index in [2.05, 4.69) is 15.6 Å². The van der Waals surface area contributed by atoms with Gasteiger partial charge in [0.05, 0.1) is 23.2 Å². The van der Waals surface area contributed by atoms with E-state index in [4.69, 9.17) is 0 Å². The van der Waals surface area contributed by atoms with E-state index in [1.807, 2.05) is 60.7 Å². The molecule has 0 aliphatic rings. The van der Waals surface area contributed by atoms with Crippen LogP contribution in [0, 0.1) is 0 Å². The first-order valence-corrected chi connectivity index (χ1v) is 9.18. The summed E-state index contributed by atoms with van der Waals surface area (Å²) >= 11 is 0. The molecule has 7 heteroatoms. The van der Waals surface area contributed by atoms with Gasteiger partial charge < -0.3 is 0 Å². The topological polar surface area (TPSA) is 42.2 Å². The Labute approximate surface area is 171 Å². The average Bonchev–Trinajstić information content (AvgIpc) is 3.19. The molecule has 0 unspecified atom stereocenters. The second-order valence-corrected chi connectivity index (χ2v) is 6.49. The molecule has 1 N–H and O–H groups in total. The third-order valence-electron chi connectivity index (χ3n) is 4.43. The van der Waals surface area contributed by atoms with Crippen molar-refractivity contribution in [1.82, 2.24) is 9.78 Å². The molecule has 150 valence electrons. The van der Waals surface area contributed by atoms with Crippen LogP contribution >= 0.6 is 0 Å². The lowest BCUT2D eigenvalue weighted by Gasteiger charge is -2.11. The molecule has 0 fully saturated rings. The molecule has 3 aromatic carbocycles. The number of alkyl halides is 3. The highest BCUT2D eigenvalue weighted by Gasteiger charge is 2.33. The molecule has 0 saturated carbocycles. The van der Waals surface area contributed by atoms with Gasteiger partial charge in [0.15, 0.2) is 0 Å². The number of para-hydroxylation sites is 2. The minimum atomic E-state index is -4.47. The SMILES string of the molecule is FC(F)(F)c1ccccc1N/N=C\c1cn(-c2ccccc2)nc1-c1ccccc1. The van der Waals surface area contributed by atoms with Crippen molar-refractivity contribution < 1.29 is 13.2 Å². The summed E-state index contributed by atoms with van der Waals surface area (Å²) in [6, 6.07) is 24.3. The van der Waals surface area contributed by atoms with Crippen molar-refractivity contribution in [1.29, 1.82) is 0 Å². The fourth-order valence-electron chi connectivity index (χ4n) is 3.01. The van der Waals surface area contributed by atoms with Crippen LogP contribution in [0.25, 0.3) is 16.9 Å². The summed E-state index contributed by atoms with van der Waals surface area (Å²) in [6.45, 7) is 0. The minimum absolute atomic E-state index is 0.113. The molecule has 0 aliphatic heterocycles. The Balaban J connectivity index is 1.68. The van der Waals surface area contributed by atoms with Crippen molar-refractivity contribution in [2.45, 2.75) is 6.18 Å². The van der Waals surface area contributed by atoms with E-state index in [1.54, 1.807) is 10.9 Å². The van der Waals surface area contributed by atoms with Crippen LogP contribution < -0.4 is 5.43 Å². The second-order valence-electron chi connectivity index (χ2n) is 6.49. The van der Waals surface area contributed by atoms with Crippen LogP contribution in [0.3, 0.4) is 0 Å². The smallest absolute Gasteiger partial charge is 0.278 e. The van der Waals surface area contributed by atoms with Crippen LogP contribution in [0.1, 0.15) is 11.1 Å². The van der Waals surface area contributed by atoms with Gasteiger partial charge in [0, 0.05) is 17.3 Å². The number of rotatable bonds is 5. The van der Waals surface area contributed by atoms with Crippen LogP contribution in [0.5, 0.6) is 0 Å². The molecule has 4 rings (SSSR count). The van der Waals surface area contributed by atoms with Crippen molar-refractivity contribution >= 4 is 11.9 Å². The van der Waals surface area contributed by atoms with E-state index in [-0.39, 0.29) is 5.69 Å². The number of aromatic nitrogens is 2. The van der Waals surface area contributed by atoms with Crippen LogP contribution in [0.4, 0.5) is 18.9 Å². The highest BCUT2D eigenvalue weighted by molar-refractivity contribution is 5.89. The van der Waals surface area contributed by atoms with Crippen molar-refractivity contribution in [2.75, 3.05) is 5.43 Å². The Morgan fingerprint density at radius 3 is 2.17 bits per heavy atom. The summed E-state index contributed by atoms with van der Waals surface area (Å²) in [6.07, 6.45) is -1.20. The molecule has 4 nitrogen and oxygen atoms in total. The molecule has 1 heterocycles. The molecule has 1 aromatic heterocycles. The van der Waals surface area contributed by atoms with E-state index in [9.17, 15) is 13.2 Å². The average molecular weight is 406 g/mol. The van der Waals surface area contributed by atoms with Gasteiger partial charge in [-0.05, 0) is 24.3 Å². The van der Waals surface area contributed by atoms with Crippen LogP contribution in [0.2, 0.25) is 0 Å². The first kappa shape index (κ1) is 19.4. The number of halogens is 3. The minimum Gasteiger partial charge on any atom is -0.278 e. The van der Waals surface area contributed by atoms with Crippen molar-refractivity contribution in [2.24, 2.45) is 5.10 Å². The Morgan fingerprint density at radius 1 is 0.833 bits per heavy atom. The van der Waals surface area contributed by atoms with Gasteiger partial charge in [0.25, 0.3) is 0 Å². The molecule has 0 spiro atoms. The Bertz CT molecular complexity index is 1150. The largest absolute Gasteiger partial charge is 0.418 e. The first-order chi connectivity index (χ1) is 14.5. The zero-order valence-electron chi connectivity index (χ0n) is 15.7. The van der Waals surface area contributed by atoms with Gasteiger partial charge in [-0.1, -0.05) is 60.7 Å². The summed E-state index contributed by atoms with van der Waals surface area (Å²) < 4.78 is 41.2. The Hall–Kier alpha value is -3.87. The zero-order chi connectivity index (χ0) is 21.0. The standard InChI is InChI=1S/C23H17F3N4/c24-23(25,26)20-13-7-8-14-21(20)28-27-15-18-16-30(19-11-5-2-6-12-19)29-22(18)17-9-3-1-4-10-17/h1-16,28H/b27-15-. The third-order valence-corrected chi connectivity index (χ3v) is 4.43. The van der Waals surface area contributed by atoms with Gasteiger partial charge in [-0.2, -0.15) is 23.4 Å².